The number of hydrogen-bond acceptors (Lipinski definition) is 7. The van der Waals surface area contributed by atoms with Gasteiger partial charge in [-0.25, -0.2) is 24.1 Å². The van der Waals surface area contributed by atoms with E-state index in [9.17, 15) is 20.0 Å². The molecule has 1 spiro atoms. The number of rotatable bonds is 3. The first-order valence-corrected chi connectivity index (χ1v) is 11.6. The number of carbonyl (C=O) groups excluding carboxylic acids is 1. The van der Waals surface area contributed by atoms with Crippen LogP contribution in [0.3, 0.4) is 0 Å². The van der Waals surface area contributed by atoms with Crippen LogP contribution >= 0.6 is 11.3 Å². The number of anilines is 1. The number of carbonyl (C=O) groups is 2. The number of urea groups is 1. The van der Waals surface area contributed by atoms with Crippen molar-refractivity contribution in [2.45, 2.75) is 0 Å². The normalized spacial score (nSPS) is 15.9. The minimum absolute atomic E-state index is 0.0972. The quantitative estimate of drug-likeness (QED) is 0.445. The van der Waals surface area contributed by atoms with Gasteiger partial charge < -0.3 is 14.7 Å². The number of thiazole rings is 1. The topological polar surface area (TPSA) is 133 Å². The zero-order valence-corrected chi connectivity index (χ0v) is 19.1. The summed E-state index contributed by atoms with van der Waals surface area (Å²) in [6.07, 6.45) is 1.89. The van der Waals surface area contributed by atoms with Crippen LogP contribution in [-0.4, -0.2) is 63.0 Å². The molecule has 2 aliphatic rings. The van der Waals surface area contributed by atoms with Gasteiger partial charge in [0.15, 0.2) is 5.13 Å². The average Bonchev–Trinajstić information content (AvgIpc) is 3.39. The molecule has 2 aliphatic heterocycles. The van der Waals surface area contributed by atoms with E-state index in [0.717, 1.165) is 4.57 Å². The van der Waals surface area contributed by atoms with Gasteiger partial charge in [0, 0.05) is 42.0 Å². The fourth-order valence-corrected chi connectivity index (χ4v) is 5.53. The summed E-state index contributed by atoms with van der Waals surface area (Å²) in [7, 11) is 0. The standard InChI is InChI=1S/C24H18N6O4S/c25-8-14-3-1-4-15(7-14)18-19(17-9-30(23(32)33)20-16(17)5-2-6-26-20)35-21(27-18)28-22(31)29-10-24(11-29)12-34-13-24/h1-7,9H,10-13H2,(H,32,33)(H,27,28,31). The van der Waals surface area contributed by atoms with Crippen molar-refractivity contribution in [3.05, 3.63) is 54.4 Å². The Bertz CT molecular complexity index is 1540. The number of aromatic nitrogens is 3. The van der Waals surface area contributed by atoms with E-state index in [0.29, 0.717) is 69.7 Å². The van der Waals surface area contributed by atoms with Crippen molar-refractivity contribution in [3.8, 4) is 27.8 Å². The fourth-order valence-electron chi connectivity index (χ4n) is 4.52. The third-order valence-corrected chi connectivity index (χ3v) is 7.28. The SMILES string of the molecule is N#Cc1cccc(-c2nc(NC(=O)N3CC4(COC4)C3)sc2-c2cn(C(=O)O)c3ncccc23)c1. The molecule has 2 saturated heterocycles. The van der Waals surface area contributed by atoms with Gasteiger partial charge in [0.25, 0.3) is 0 Å². The lowest BCUT2D eigenvalue weighted by atomic mass is 9.78. The van der Waals surface area contributed by atoms with Crippen molar-refractivity contribution in [2.24, 2.45) is 5.41 Å². The largest absolute Gasteiger partial charge is 0.464 e. The molecule has 35 heavy (non-hydrogen) atoms. The molecule has 0 aliphatic carbocycles. The number of pyridine rings is 1. The molecule has 5 heterocycles. The molecule has 3 aromatic heterocycles. The Morgan fingerprint density at radius 3 is 2.77 bits per heavy atom. The van der Waals surface area contributed by atoms with Crippen LogP contribution in [0.5, 0.6) is 0 Å². The third kappa shape index (κ3) is 3.51. The third-order valence-electron chi connectivity index (χ3n) is 6.28. The highest BCUT2D eigenvalue weighted by atomic mass is 32.1. The number of ether oxygens (including phenoxy) is 1. The Hall–Kier alpha value is -4.27. The lowest BCUT2D eigenvalue weighted by molar-refractivity contribution is -0.174. The van der Waals surface area contributed by atoms with E-state index in [-0.39, 0.29) is 11.4 Å². The number of likely N-dealkylation sites (tertiary alicyclic amines) is 1. The summed E-state index contributed by atoms with van der Waals surface area (Å²) in [6.45, 7) is 2.65. The zero-order valence-electron chi connectivity index (χ0n) is 18.3. The van der Waals surface area contributed by atoms with Crippen LogP contribution in [-0.2, 0) is 4.74 Å². The molecule has 1 aromatic carbocycles. The van der Waals surface area contributed by atoms with E-state index in [1.807, 2.05) is 6.07 Å². The molecule has 2 fully saturated rings. The zero-order chi connectivity index (χ0) is 24.2. The molecule has 2 N–H and O–H groups in total. The molecule has 0 atom stereocenters. The van der Waals surface area contributed by atoms with E-state index in [1.165, 1.54) is 23.7 Å². The Balaban J connectivity index is 1.43. The second-order valence-corrected chi connectivity index (χ2v) is 9.74. The Labute approximate surface area is 203 Å². The second-order valence-electron chi connectivity index (χ2n) is 8.74. The monoisotopic (exact) mass is 486 g/mol. The van der Waals surface area contributed by atoms with Crippen molar-refractivity contribution in [3.63, 3.8) is 0 Å². The van der Waals surface area contributed by atoms with Crippen LogP contribution in [0.15, 0.2) is 48.8 Å². The lowest BCUT2D eigenvalue weighted by Gasteiger charge is -2.54. The van der Waals surface area contributed by atoms with Gasteiger partial charge in [-0.05, 0) is 24.3 Å². The summed E-state index contributed by atoms with van der Waals surface area (Å²) in [5.74, 6) is 0. The van der Waals surface area contributed by atoms with E-state index < -0.39 is 6.09 Å². The molecule has 2 amide bonds. The number of amides is 2. The van der Waals surface area contributed by atoms with Crippen LogP contribution in [0.25, 0.3) is 32.7 Å². The van der Waals surface area contributed by atoms with E-state index in [2.05, 4.69) is 16.4 Å². The van der Waals surface area contributed by atoms with Crippen LogP contribution in [0.4, 0.5) is 14.7 Å². The maximum Gasteiger partial charge on any atom is 0.417 e. The molecule has 4 aromatic rings. The maximum atomic E-state index is 12.8. The molecule has 174 valence electrons. The highest BCUT2D eigenvalue weighted by Crippen LogP contribution is 2.43. The highest BCUT2D eigenvalue weighted by Gasteiger charge is 2.50. The molecule has 11 heteroatoms. The molecular formula is C24H18N6O4S. The number of fused-ring (bicyclic) bond motifs is 1. The summed E-state index contributed by atoms with van der Waals surface area (Å²) in [6, 6.07) is 12.4. The number of benzene rings is 1. The number of nitrogens with zero attached hydrogens (tertiary/aromatic N) is 5. The first kappa shape index (κ1) is 21.3. The number of nitrogens with one attached hydrogen (secondary N) is 1. The van der Waals surface area contributed by atoms with Crippen molar-refractivity contribution < 1.29 is 19.4 Å². The van der Waals surface area contributed by atoms with Gasteiger partial charge in [-0.15, -0.1) is 0 Å². The van der Waals surface area contributed by atoms with Gasteiger partial charge >= 0.3 is 12.1 Å². The summed E-state index contributed by atoms with van der Waals surface area (Å²) >= 11 is 1.25. The Morgan fingerprint density at radius 2 is 2.06 bits per heavy atom. The van der Waals surface area contributed by atoms with Gasteiger partial charge in [-0.1, -0.05) is 23.5 Å². The number of nitriles is 1. The van der Waals surface area contributed by atoms with Crippen molar-refractivity contribution in [1.29, 1.82) is 5.26 Å². The molecule has 6 rings (SSSR count). The minimum Gasteiger partial charge on any atom is -0.464 e. The van der Waals surface area contributed by atoms with Gasteiger partial charge in [-0.3, -0.25) is 5.32 Å². The number of hydrogen-bond donors (Lipinski definition) is 2. The van der Waals surface area contributed by atoms with Gasteiger partial charge in [0.1, 0.15) is 5.65 Å². The molecular weight excluding hydrogens is 468 g/mol. The summed E-state index contributed by atoms with van der Waals surface area (Å²) < 4.78 is 6.34. The highest BCUT2D eigenvalue weighted by molar-refractivity contribution is 7.19. The molecule has 10 nitrogen and oxygen atoms in total. The lowest BCUT2D eigenvalue weighted by Crippen LogP contribution is -2.67. The predicted molar refractivity (Wildman–Crippen MR) is 128 cm³/mol. The van der Waals surface area contributed by atoms with Gasteiger partial charge in [-0.2, -0.15) is 5.26 Å². The second kappa shape index (κ2) is 7.90. The van der Waals surface area contributed by atoms with E-state index in [1.54, 1.807) is 35.2 Å². The molecule has 0 unspecified atom stereocenters. The van der Waals surface area contributed by atoms with Gasteiger partial charge in [0.2, 0.25) is 0 Å². The fraction of sp³-hybridized carbons (Fsp3) is 0.208. The summed E-state index contributed by atoms with van der Waals surface area (Å²) in [4.78, 5) is 36.0. The van der Waals surface area contributed by atoms with Crippen LogP contribution in [0.2, 0.25) is 0 Å². The van der Waals surface area contributed by atoms with Crippen LogP contribution in [0.1, 0.15) is 5.56 Å². The Kier molecular flexibility index (Phi) is 4.80. The summed E-state index contributed by atoms with van der Waals surface area (Å²) in [5, 5.41) is 23.0. The number of carboxylic acid groups (broad SMARTS) is 1. The average molecular weight is 487 g/mol. The van der Waals surface area contributed by atoms with Crippen molar-refractivity contribution in [2.75, 3.05) is 31.6 Å². The van der Waals surface area contributed by atoms with Crippen LogP contribution < -0.4 is 5.32 Å². The Morgan fingerprint density at radius 1 is 1.23 bits per heavy atom. The first-order valence-electron chi connectivity index (χ1n) is 10.8. The van der Waals surface area contributed by atoms with Crippen molar-refractivity contribution in [1.82, 2.24) is 19.4 Å². The van der Waals surface area contributed by atoms with E-state index >= 15 is 0 Å². The van der Waals surface area contributed by atoms with E-state index in [4.69, 9.17) is 9.72 Å². The van der Waals surface area contributed by atoms with Crippen molar-refractivity contribution >= 4 is 39.6 Å². The molecule has 0 saturated carbocycles. The summed E-state index contributed by atoms with van der Waals surface area (Å²) in [5.41, 5.74) is 2.73. The first-order chi connectivity index (χ1) is 17.0. The van der Waals surface area contributed by atoms with Crippen LogP contribution in [0, 0.1) is 16.7 Å². The smallest absolute Gasteiger partial charge is 0.417 e. The minimum atomic E-state index is -1.15. The maximum absolute atomic E-state index is 12.8. The van der Waals surface area contributed by atoms with Gasteiger partial charge in [0.05, 0.1) is 40.8 Å². The molecule has 0 radical (unpaired) electrons. The molecule has 0 bridgehead atoms. The predicted octanol–water partition coefficient (Wildman–Crippen LogP) is 4.09.